The van der Waals surface area contributed by atoms with Crippen molar-refractivity contribution in [3.63, 3.8) is 0 Å². The number of alkyl carbamates (subject to hydrolysis) is 1. The lowest BCUT2D eigenvalue weighted by Gasteiger charge is -2.19. The number of carboxylic acid groups (broad SMARTS) is 1. The van der Waals surface area contributed by atoms with Crippen LogP contribution in [0.15, 0.2) is 72.8 Å². The average Bonchev–Trinajstić information content (AvgIpc) is 3.17. The second-order valence-corrected chi connectivity index (χ2v) is 8.30. The van der Waals surface area contributed by atoms with Gasteiger partial charge in [0.15, 0.2) is 0 Å². The monoisotopic (exact) mass is 476 g/mol. The third kappa shape index (κ3) is 5.84. The summed E-state index contributed by atoms with van der Waals surface area (Å²) in [7, 11) is 0. The van der Waals surface area contributed by atoms with Gasteiger partial charge >= 0.3 is 12.1 Å². The molecule has 0 saturated heterocycles. The predicted octanol–water partition coefficient (Wildman–Crippen LogP) is 4.21. The average molecular weight is 477 g/mol. The van der Waals surface area contributed by atoms with E-state index in [0.717, 1.165) is 22.3 Å². The maximum atomic E-state index is 13.4. The Morgan fingerprint density at radius 3 is 2.23 bits per heavy atom. The van der Waals surface area contributed by atoms with E-state index >= 15 is 0 Å². The number of benzene rings is 3. The standard InChI is InChI=1S/C27H25FN2O5/c28-18-7-5-6-17(14-18)15-29-26(33)24(12-13-25(31)32)30-27(34)35-16-23-21-10-3-1-8-19(21)20-9-2-4-11-22(20)23/h1-11,14,23-24H,12-13,15-16H2,(H,29,33)(H,30,34)(H,31,32). The molecule has 3 N–H and O–H groups in total. The number of nitrogens with one attached hydrogen (secondary N) is 2. The number of carbonyl (C=O) groups is 3. The fourth-order valence-corrected chi connectivity index (χ4v) is 4.28. The summed E-state index contributed by atoms with van der Waals surface area (Å²) in [6, 6.07) is 20.5. The Kier molecular flexibility index (Phi) is 7.40. The zero-order valence-corrected chi connectivity index (χ0v) is 18.9. The third-order valence-electron chi connectivity index (χ3n) is 5.95. The minimum atomic E-state index is -1.12. The summed E-state index contributed by atoms with van der Waals surface area (Å²) < 4.78 is 18.9. The van der Waals surface area contributed by atoms with E-state index in [1.165, 1.54) is 18.2 Å². The molecule has 8 heteroatoms. The van der Waals surface area contributed by atoms with Crippen molar-refractivity contribution in [2.45, 2.75) is 31.3 Å². The van der Waals surface area contributed by atoms with Crippen molar-refractivity contribution >= 4 is 18.0 Å². The molecule has 0 aromatic heterocycles. The van der Waals surface area contributed by atoms with Gasteiger partial charge in [-0.3, -0.25) is 9.59 Å². The topological polar surface area (TPSA) is 105 Å². The van der Waals surface area contributed by atoms with Gasteiger partial charge in [-0.05, 0) is 46.4 Å². The molecule has 0 aliphatic heterocycles. The molecule has 0 fully saturated rings. The van der Waals surface area contributed by atoms with Gasteiger partial charge in [-0.2, -0.15) is 0 Å². The van der Waals surface area contributed by atoms with E-state index in [0.29, 0.717) is 5.56 Å². The van der Waals surface area contributed by atoms with Crippen molar-refractivity contribution in [1.82, 2.24) is 10.6 Å². The second kappa shape index (κ2) is 10.8. The first-order valence-corrected chi connectivity index (χ1v) is 11.3. The Balaban J connectivity index is 1.39. The molecule has 35 heavy (non-hydrogen) atoms. The lowest BCUT2D eigenvalue weighted by molar-refractivity contribution is -0.137. The SMILES string of the molecule is O=C(O)CCC(NC(=O)OCC1c2ccccc2-c2ccccc21)C(=O)NCc1cccc(F)c1. The molecular weight excluding hydrogens is 451 g/mol. The molecule has 1 aliphatic carbocycles. The van der Waals surface area contributed by atoms with Crippen LogP contribution in [0.5, 0.6) is 0 Å². The smallest absolute Gasteiger partial charge is 0.407 e. The van der Waals surface area contributed by atoms with Crippen LogP contribution in [0.3, 0.4) is 0 Å². The normalized spacial score (nSPS) is 12.8. The number of hydrogen-bond acceptors (Lipinski definition) is 4. The van der Waals surface area contributed by atoms with Gasteiger partial charge in [0.25, 0.3) is 0 Å². The maximum absolute atomic E-state index is 13.4. The molecular formula is C27H25FN2O5. The molecule has 7 nitrogen and oxygen atoms in total. The van der Waals surface area contributed by atoms with Crippen LogP contribution in [0.25, 0.3) is 11.1 Å². The molecule has 4 rings (SSSR count). The number of carboxylic acids is 1. The highest BCUT2D eigenvalue weighted by atomic mass is 19.1. The number of carbonyl (C=O) groups excluding carboxylic acids is 2. The molecule has 0 bridgehead atoms. The van der Waals surface area contributed by atoms with E-state index in [1.54, 1.807) is 6.07 Å². The molecule has 1 unspecified atom stereocenters. The molecule has 1 aliphatic rings. The first kappa shape index (κ1) is 23.9. The Labute approximate surface area is 201 Å². The number of fused-ring (bicyclic) bond motifs is 3. The molecule has 3 aromatic rings. The van der Waals surface area contributed by atoms with E-state index in [1.807, 2.05) is 48.5 Å². The first-order chi connectivity index (χ1) is 16.9. The molecule has 0 radical (unpaired) electrons. The van der Waals surface area contributed by atoms with Crippen molar-refractivity contribution < 1.29 is 28.6 Å². The highest BCUT2D eigenvalue weighted by Crippen LogP contribution is 2.44. The fraction of sp³-hybridized carbons (Fsp3) is 0.222. The Morgan fingerprint density at radius 1 is 0.943 bits per heavy atom. The second-order valence-electron chi connectivity index (χ2n) is 8.30. The van der Waals surface area contributed by atoms with Crippen LogP contribution in [-0.4, -0.2) is 35.7 Å². The number of hydrogen-bond donors (Lipinski definition) is 3. The van der Waals surface area contributed by atoms with Crippen molar-refractivity contribution in [2.24, 2.45) is 0 Å². The summed E-state index contributed by atoms with van der Waals surface area (Å²) in [5, 5.41) is 14.1. The predicted molar refractivity (Wildman–Crippen MR) is 127 cm³/mol. The van der Waals surface area contributed by atoms with E-state index in [2.05, 4.69) is 10.6 Å². The zero-order valence-electron chi connectivity index (χ0n) is 18.9. The molecule has 0 heterocycles. The van der Waals surface area contributed by atoms with Crippen molar-refractivity contribution in [3.05, 3.63) is 95.3 Å². The Bertz CT molecular complexity index is 1200. The third-order valence-corrected chi connectivity index (χ3v) is 5.95. The minimum absolute atomic E-state index is 0.0343. The van der Waals surface area contributed by atoms with Gasteiger partial charge in [-0.25, -0.2) is 9.18 Å². The zero-order chi connectivity index (χ0) is 24.8. The summed E-state index contributed by atoms with van der Waals surface area (Å²) in [6.45, 7) is 0.100. The van der Waals surface area contributed by atoms with E-state index in [-0.39, 0.29) is 31.9 Å². The molecule has 0 saturated carbocycles. The lowest BCUT2D eigenvalue weighted by atomic mass is 9.98. The number of rotatable bonds is 9. The number of aliphatic carboxylic acids is 1. The molecule has 180 valence electrons. The molecule has 1 atom stereocenters. The van der Waals surface area contributed by atoms with Crippen LogP contribution in [0, 0.1) is 5.82 Å². The van der Waals surface area contributed by atoms with Crippen molar-refractivity contribution in [1.29, 1.82) is 0 Å². The van der Waals surface area contributed by atoms with Crippen LogP contribution >= 0.6 is 0 Å². The van der Waals surface area contributed by atoms with Crippen LogP contribution in [-0.2, 0) is 20.9 Å². The summed E-state index contributed by atoms with van der Waals surface area (Å²) in [6.07, 6.45) is -1.25. The van der Waals surface area contributed by atoms with Gasteiger partial charge in [-0.15, -0.1) is 0 Å². The number of amides is 2. The first-order valence-electron chi connectivity index (χ1n) is 11.3. The van der Waals surface area contributed by atoms with Gasteiger partial charge in [0, 0.05) is 18.9 Å². The number of ether oxygens (including phenoxy) is 1. The van der Waals surface area contributed by atoms with Gasteiger partial charge < -0.3 is 20.5 Å². The fourth-order valence-electron chi connectivity index (χ4n) is 4.28. The highest BCUT2D eigenvalue weighted by molar-refractivity contribution is 5.86. The Morgan fingerprint density at radius 2 is 1.60 bits per heavy atom. The molecule has 3 aromatic carbocycles. The van der Waals surface area contributed by atoms with Crippen LogP contribution in [0.4, 0.5) is 9.18 Å². The van der Waals surface area contributed by atoms with Gasteiger partial charge in [0.2, 0.25) is 5.91 Å². The summed E-state index contributed by atoms with van der Waals surface area (Å²) >= 11 is 0. The van der Waals surface area contributed by atoms with Crippen LogP contribution < -0.4 is 10.6 Å². The number of halogens is 1. The van der Waals surface area contributed by atoms with Gasteiger partial charge in [-0.1, -0.05) is 60.7 Å². The summed E-state index contributed by atoms with van der Waals surface area (Å²) in [4.78, 5) is 36.3. The van der Waals surface area contributed by atoms with Crippen LogP contribution in [0.2, 0.25) is 0 Å². The lowest BCUT2D eigenvalue weighted by Crippen LogP contribution is -2.47. The van der Waals surface area contributed by atoms with Crippen LogP contribution in [0.1, 0.15) is 35.4 Å². The molecule has 2 amide bonds. The summed E-state index contributed by atoms with van der Waals surface area (Å²) in [5.74, 6) is -2.25. The molecule has 0 spiro atoms. The van der Waals surface area contributed by atoms with E-state index < -0.39 is 29.8 Å². The minimum Gasteiger partial charge on any atom is -0.481 e. The van der Waals surface area contributed by atoms with E-state index in [4.69, 9.17) is 9.84 Å². The van der Waals surface area contributed by atoms with Crippen molar-refractivity contribution in [3.8, 4) is 11.1 Å². The quantitative estimate of drug-likeness (QED) is 0.429. The van der Waals surface area contributed by atoms with E-state index in [9.17, 15) is 18.8 Å². The largest absolute Gasteiger partial charge is 0.481 e. The highest BCUT2D eigenvalue weighted by Gasteiger charge is 2.30. The van der Waals surface area contributed by atoms with Gasteiger partial charge in [0.05, 0.1) is 0 Å². The Hall–Kier alpha value is -4.20. The summed E-state index contributed by atoms with van der Waals surface area (Å²) in [5.41, 5.74) is 4.83. The maximum Gasteiger partial charge on any atom is 0.407 e. The van der Waals surface area contributed by atoms with Crippen molar-refractivity contribution in [2.75, 3.05) is 6.61 Å². The van der Waals surface area contributed by atoms with Gasteiger partial charge in [0.1, 0.15) is 18.5 Å².